The van der Waals surface area contributed by atoms with Gasteiger partial charge in [0, 0.05) is 17.9 Å². The number of carbonyl (C=O) groups excluding carboxylic acids is 1. The van der Waals surface area contributed by atoms with E-state index in [4.69, 9.17) is 4.98 Å². The highest BCUT2D eigenvalue weighted by atomic mass is 16.2. The van der Waals surface area contributed by atoms with E-state index in [1.165, 1.54) is 0 Å². The molecule has 0 aliphatic heterocycles. The quantitative estimate of drug-likeness (QED) is 0.679. The molecule has 0 saturated heterocycles. The second-order valence-corrected chi connectivity index (χ2v) is 7.47. The van der Waals surface area contributed by atoms with Crippen LogP contribution in [0.15, 0.2) is 42.6 Å². The molecule has 6 nitrogen and oxygen atoms in total. The summed E-state index contributed by atoms with van der Waals surface area (Å²) in [5, 5.41) is 5.99. The Bertz CT molecular complexity index is 927. The van der Waals surface area contributed by atoms with Crippen molar-refractivity contribution < 1.29 is 4.79 Å². The van der Waals surface area contributed by atoms with Gasteiger partial charge in [0.2, 0.25) is 0 Å². The minimum atomic E-state index is -0.243. The molecule has 1 atom stereocenters. The number of benzene rings is 1. The molecule has 142 valence electrons. The molecule has 6 heteroatoms. The van der Waals surface area contributed by atoms with Gasteiger partial charge in [0.05, 0.1) is 6.04 Å². The molecule has 2 aromatic heterocycles. The van der Waals surface area contributed by atoms with E-state index in [0.29, 0.717) is 0 Å². The lowest BCUT2D eigenvalue weighted by molar-refractivity contribution is 0.243. The standard InChI is InChI=1S/C21H27N5O/c1-13(2)18(25-21(27)23-16-10-8-15(5)9-11-16)20-24-17-7-6-12-22-19(17)26(20)14(3)4/h6-14,18H,1-5H3,(H2,23,25,27). The van der Waals surface area contributed by atoms with Gasteiger partial charge in [0.25, 0.3) is 0 Å². The Kier molecular flexibility index (Phi) is 5.44. The number of pyridine rings is 1. The molecule has 0 fully saturated rings. The van der Waals surface area contributed by atoms with Gasteiger partial charge in [-0.3, -0.25) is 0 Å². The second-order valence-electron chi connectivity index (χ2n) is 7.47. The first-order chi connectivity index (χ1) is 12.9. The largest absolute Gasteiger partial charge is 0.328 e. The van der Waals surface area contributed by atoms with Crippen LogP contribution >= 0.6 is 0 Å². The van der Waals surface area contributed by atoms with Crippen LogP contribution in [0.2, 0.25) is 0 Å². The highest BCUT2D eigenvalue weighted by molar-refractivity contribution is 5.89. The van der Waals surface area contributed by atoms with E-state index >= 15 is 0 Å². The molecule has 0 radical (unpaired) electrons. The highest BCUT2D eigenvalue weighted by Crippen LogP contribution is 2.28. The summed E-state index contributed by atoms with van der Waals surface area (Å²) in [5.41, 5.74) is 3.60. The number of anilines is 1. The summed E-state index contributed by atoms with van der Waals surface area (Å²) >= 11 is 0. The average Bonchev–Trinajstić information content (AvgIpc) is 3.00. The van der Waals surface area contributed by atoms with Crippen LogP contribution in [0.4, 0.5) is 10.5 Å². The first-order valence-electron chi connectivity index (χ1n) is 9.34. The smallest absolute Gasteiger partial charge is 0.319 e. The van der Waals surface area contributed by atoms with Crippen molar-refractivity contribution in [3.8, 4) is 0 Å². The summed E-state index contributed by atoms with van der Waals surface area (Å²) in [6.07, 6.45) is 1.77. The molecule has 27 heavy (non-hydrogen) atoms. The summed E-state index contributed by atoms with van der Waals surface area (Å²) in [6.45, 7) is 10.4. The van der Waals surface area contributed by atoms with E-state index in [2.05, 4.69) is 47.9 Å². The van der Waals surface area contributed by atoms with Crippen molar-refractivity contribution in [3.63, 3.8) is 0 Å². The van der Waals surface area contributed by atoms with Gasteiger partial charge >= 0.3 is 6.03 Å². The van der Waals surface area contributed by atoms with E-state index in [-0.39, 0.29) is 24.0 Å². The van der Waals surface area contributed by atoms with Crippen molar-refractivity contribution in [2.24, 2.45) is 5.92 Å². The van der Waals surface area contributed by atoms with Gasteiger partial charge in [-0.2, -0.15) is 0 Å². The van der Waals surface area contributed by atoms with Gasteiger partial charge in [0.1, 0.15) is 11.3 Å². The maximum absolute atomic E-state index is 12.6. The van der Waals surface area contributed by atoms with Gasteiger partial charge < -0.3 is 15.2 Å². The predicted octanol–water partition coefficient (Wildman–Crippen LogP) is 4.84. The van der Waals surface area contributed by atoms with E-state index < -0.39 is 0 Å². The Labute approximate surface area is 160 Å². The molecule has 2 N–H and O–H groups in total. The number of nitrogens with zero attached hydrogens (tertiary/aromatic N) is 3. The zero-order chi connectivity index (χ0) is 19.6. The summed E-state index contributed by atoms with van der Waals surface area (Å²) in [6, 6.07) is 11.3. The van der Waals surface area contributed by atoms with Gasteiger partial charge in [-0.05, 0) is 51.0 Å². The minimum absolute atomic E-state index is 0.170. The predicted molar refractivity (Wildman–Crippen MR) is 109 cm³/mol. The Morgan fingerprint density at radius 1 is 1.07 bits per heavy atom. The SMILES string of the molecule is Cc1ccc(NC(=O)NC(c2nc3cccnc3n2C(C)C)C(C)C)cc1. The third kappa shape index (κ3) is 4.10. The number of nitrogens with one attached hydrogen (secondary N) is 2. The first-order valence-corrected chi connectivity index (χ1v) is 9.34. The normalized spacial score (nSPS) is 12.6. The fourth-order valence-electron chi connectivity index (χ4n) is 3.15. The lowest BCUT2D eigenvalue weighted by atomic mass is 10.0. The molecule has 2 heterocycles. The molecule has 0 aliphatic rings. The summed E-state index contributed by atoms with van der Waals surface area (Å²) in [4.78, 5) is 21.9. The Balaban J connectivity index is 1.89. The third-order valence-corrected chi connectivity index (χ3v) is 4.53. The number of amides is 2. The van der Waals surface area contributed by atoms with Crippen LogP contribution in [0.5, 0.6) is 0 Å². The highest BCUT2D eigenvalue weighted by Gasteiger charge is 2.26. The number of carbonyl (C=O) groups is 1. The molecule has 3 rings (SSSR count). The van der Waals surface area contributed by atoms with Gasteiger partial charge in [-0.25, -0.2) is 14.8 Å². The van der Waals surface area contributed by atoms with Crippen molar-refractivity contribution in [2.45, 2.75) is 46.7 Å². The number of aryl methyl sites for hydroxylation is 1. The van der Waals surface area contributed by atoms with Crippen LogP contribution < -0.4 is 10.6 Å². The van der Waals surface area contributed by atoms with Crippen molar-refractivity contribution in [1.82, 2.24) is 19.9 Å². The minimum Gasteiger partial charge on any atom is -0.328 e. The van der Waals surface area contributed by atoms with Crippen LogP contribution in [-0.4, -0.2) is 20.6 Å². The van der Waals surface area contributed by atoms with Crippen molar-refractivity contribution in [3.05, 3.63) is 54.0 Å². The summed E-state index contributed by atoms with van der Waals surface area (Å²) in [7, 11) is 0. The molecule has 0 aliphatic carbocycles. The number of hydrogen-bond acceptors (Lipinski definition) is 3. The monoisotopic (exact) mass is 365 g/mol. The van der Waals surface area contributed by atoms with Crippen LogP contribution in [0.3, 0.4) is 0 Å². The van der Waals surface area contributed by atoms with Gasteiger partial charge in [-0.1, -0.05) is 31.5 Å². The number of rotatable bonds is 5. The van der Waals surface area contributed by atoms with Crippen LogP contribution in [0.1, 0.15) is 51.2 Å². The fourth-order valence-corrected chi connectivity index (χ4v) is 3.15. The third-order valence-electron chi connectivity index (χ3n) is 4.53. The van der Waals surface area contributed by atoms with Gasteiger partial charge in [-0.15, -0.1) is 0 Å². The first kappa shape index (κ1) is 18.9. The maximum atomic E-state index is 12.6. The van der Waals surface area contributed by atoms with E-state index in [0.717, 1.165) is 28.2 Å². The van der Waals surface area contributed by atoms with Crippen LogP contribution in [0.25, 0.3) is 11.2 Å². The molecule has 1 aromatic carbocycles. The number of aromatic nitrogens is 3. The molecule has 1 unspecified atom stereocenters. The molecule has 0 bridgehead atoms. The van der Waals surface area contributed by atoms with Crippen LogP contribution in [-0.2, 0) is 0 Å². The average molecular weight is 365 g/mol. The van der Waals surface area contributed by atoms with E-state index in [1.807, 2.05) is 43.3 Å². The number of hydrogen-bond donors (Lipinski definition) is 2. The molecular formula is C21H27N5O. The molecule has 0 saturated carbocycles. The molecule has 0 spiro atoms. The zero-order valence-electron chi connectivity index (χ0n) is 16.5. The number of urea groups is 1. The van der Waals surface area contributed by atoms with Crippen LogP contribution in [0, 0.1) is 12.8 Å². The van der Waals surface area contributed by atoms with Crippen molar-refractivity contribution in [2.75, 3.05) is 5.32 Å². The Morgan fingerprint density at radius 3 is 2.41 bits per heavy atom. The molecular weight excluding hydrogens is 338 g/mol. The number of fused-ring (bicyclic) bond motifs is 1. The summed E-state index contributed by atoms with van der Waals surface area (Å²) < 4.78 is 2.10. The van der Waals surface area contributed by atoms with Crippen molar-refractivity contribution >= 4 is 22.9 Å². The van der Waals surface area contributed by atoms with E-state index in [1.54, 1.807) is 6.20 Å². The van der Waals surface area contributed by atoms with Crippen molar-refractivity contribution in [1.29, 1.82) is 0 Å². The molecule has 3 aromatic rings. The number of imidazole rings is 1. The topological polar surface area (TPSA) is 71.8 Å². The lowest BCUT2D eigenvalue weighted by Crippen LogP contribution is -2.36. The zero-order valence-corrected chi connectivity index (χ0v) is 16.5. The Hall–Kier alpha value is -2.89. The second kappa shape index (κ2) is 7.78. The fraction of sp³-hybridized carbons (Fsp3) is 0.381. The van der Waals surface area contributed by atoms with Gasteiger partial charge in [0.15, 0.2) is 5.65 Å². The Morgan fingerprint density at radius 2 is 1.78 bits per heavy atom. The lowest BCUT2D eigenvalue weighted by Gasteiger charge is -2.24. The molecule has 2 amide bonds. The van der Waals surface area contributed by atoms with E-state index in [9.17, 15) is 4.79 Å². The maximum Gasteiger partial charge on any atom is 0.319 e. The summed E-state index contributed by atoms with van der Waals surface area (Å²) in [5.74, 6) is 0.996.